The molecule has 0 aliphatic heterocycles. The third kappa shape index (κ3) is 5.54. The van der Waals surface area contributed by atoms with Gasteiger partial charge in [-0.15, -0.1) is 0 Å². The van der Waals surface area contributed by atoms with Crippen molar-refractivity contribution >= 4 is 28.9 Å². The average Bonchev–Trinajstić information content (AvgIpc) is 3.58. The van der Waals surface area contributed by atoms with E-state index in [1.165, 1.54) is 0 Å². The van der Waals surface area contributed by atoms with Crippen molar-refractivity contribution in [1.29, 1.82) is 0 Å². The number of hydrogen-bond donors (Lipinski definition) is 2. The van der Waals surface area contributed by atoms with Crippen LogP contribution in [0.4, 0.5) is 21.6 Å². The fourth-order valence-corrected chi connectivity index (χ4v) is 4.10. The fraction of sp³-hybridized carbons (Fsp3) is 0.320. The summed E-state index contributed by atoms with van der Waals surface area (Å²) in [6.07, 6.45) is 2.85. The molecule has 1 aromatic carbocycles. The number of alkyl halides is 1. The van der Waals surface area contributed by atoms with Crippen molar-refractivity contribution < 1.29 is 4.39 Å². The van der Waals surface area contributed by atoms with Crippen molar-refractivity contribution in [2.24, 2.45) is 21.6 Å². The molecule has 0 unspecified atom stereocenters. The molecule has 2 heterocycles. The molecule has 0 bridgehead atoms. The molecule has 8 nitrogen and oxygen atoms in total. The van der Waals surface area contributed by atoms with Gasteiger partial charge in [-0.1, -0.05) is 12.1 Å². The van der Waals surface area contributed by atoms with Crippen molar-refractivity contribution in [2.75, 3.05) is 10.6 Å². The lowest BCUT2D eigenvalue weighted by molar-refractivity contribution is 0.277. The Balaban J connectivity index is 1.59. The largest absolute Gasteiger partial charge is 0.397 e. The van der Waals surface area contributed by atoms with Gasteiger partial charge in [0, 0.05) is 42.5 Å². The molecule has 176 valence electrons. The minimum atomic E-state index is -1.24. The molecular weight excluding hydrogens is 431 g/mol. The second kappa shape index (κ2) is 9.94. The zero-order chi connectivity index (χ0) is 24.2. The Morgan fingerprint density at radius 2 is 1.91 bits per heavy atom. The highest BCUT2D eigenvalue weighted by atomic mass is 19.1. The number of anilines is 2. The van der Waals surface area contributed by atoms with Gasteiger partial charge in [-0.25, -0.2) is 24.3 Å². The van der Waals surface area contributed by atoms with E-state index in [4.69, 9.17) is 11.5 Å². The standard InChI is InChI=1S/C25H29FN8/c1-15(27)30-16(2)32-24-13-22(31-17(3)33-24)19-12-20(19)25(26)34(14-18-8-10-29-11-9-18)23-7-5-4-6-21(23)28/h4-11,13,19-20,25H,12,14,28H2,1-3H3,(H2,27,30,31,32,33)/t19-,20-,25-/m1/s1. The highest BCUT2D eigenvalue weighted by Crippen LogP contribution is 2.52. The number of aliphatic imine (C=N–C) groups is 2. The number of hydrogen-bond acceptors (Lipinski definition) is 6. The zero-order valence-corrected chi connectivity index (χ0v) is 19.6. The molecule has 34 heavy (non-hydrogen) atoms. The van der Waals surface area contributed by atoms with Crippen LogP contribution in [-0.2, 0) is 6.54 Å². The van der Waals surface area contributed by atoms with Crippen LogP contribution >= 0.6 is 0 Å². The average molecular weight is 461 g/mol. The third-order valence-corrected chi connectivity index (χ3v) is 5.68. The minimum Gasteiger partial charge on any atom is -0.397 e. The summed E-state index contributed by atoms with van der Waals surface area (Å²) >= 11 is 0. The van der Waals surface area contributed by atoms with E-state index in [-0.39, 0.29) is 11.8 Å². The van der Waals surface area contributed by atoms with Crippen molar-refractivity contribution in [3.05, 3.63) is 71.9 Å². The van der Waals surface area contributed by atoms with E-state index in [1.54, 1.807) is 50.2 Å². The maximum absolute atomic E-state index is 16.0. The predicted molar refractivity (Wildman–Crippen MR) is 134 cm³/mol. The Bertz CT molecular complexity index is 1210. The molecule has 1 fully saturated rings. The number of pyridine rings is 1. The number of nitrogen functional groups attached to an aromatic ring is 1. The number of amidine groups is 2. The summed E-state index contributed by atoms with van der Waals surface area (Å²) < 4.78 is 16.0. The van der Waals surface area contributed by atoms with Crippen molar-refractivity contribution in [3.8, 4) is 0 Å². The van der Waals surface area contributed by atoms with Gasteiger partial charge in [0.25, 0.3) is 0 Å². The lowest BCUT2D eigenvalue weighted by Crippen LogP contribution is -2.34. The molecule has 0 saturated heterocycles. The van der Waals surface area contributed by atoms with E-state index in [9.17, 15) is 0 Å². The summed E-state index contributed by atoms with van der Waals surface area (Å²) in [5.74, 6) is 1.74. The van der Waals surface area contributed by atoms with Crippen LogP contribution in [0.3, 0.4) is 0 Å². The minimum absolute atomic E-state index is 0.0319. The third-order valence-electron chi connectivity index (χ3n) is 5.68. The normalized spacial score (nSPS) is 19.1. The van der Waals surface area contributed by atoms with Crippen molar-refractivity contribution in [2.45, 2.75) is 46.0 Å². The molecule has 1 saturated carbocycles. The summed E-state index contributed by atoms with van der Waals surface area (Å²) in [7, 11) is 0. The Morgan fingerprint density at radius 3 is 2.62 bits per heavy atom. The lowest BCUT2D eigenvalue weighted by atomic mass is 10.1. The summed E-state index contributed by atoms with van der Waals surface area (Å²) in [5, 5.41) is 0. The van der Waals surface area contributed by atoms with Gasteiger partial charge < -0.3 is 16.4 Å². The number of nitrogens with two attached hydrogens (primary N) is 2. The smallest absolute Gasteiger partial charge is 0.176 e. The number of halogens is 1. The Labute approximate surface area is 198 Å². The monoisotopic (exact) mass is 460 g/mol. The van der Waals surface area contributed by atoms with Gasteiger partial charge in [-0.05, 0) is 57.0 Å². The van der Waals surface area contributed by atoms with Crippen LogP contribution in [-0.4, -0.2) is 32.9 Å². The number of rotatable bonds is 7. The number of benzene rings is 1. The zero-order valence-electron chi connectivity index (χ0n) is 19.6. The van der Waals surface area contributed by atoms with Gasteiger partial charge in [0.05, 0.1) is 17.2 Å². The van der Waals surface area contributed by atoms with Crippen LogP contribution in [0.25, 0.3) is 0 Å². The van der Waals surface area contributed by atoms with E-state index in [2.05, 4.69) is 24.9 Å². The summed E-state index contributed by atoms with van der Waals surface area (Å²) in [5.41, 5.74) is 14.8. The van der Waals surface area contributed by atoms with Gasteiger partial charge in [0.15, 0.2) is 12.1 Å². The van der Waals surface area contributed by atoms with Crippen LogP contribution < -0.4 is 16.4 Å². The Kier molecular flexibility index (Phi) is 6.81. The first-order valence-electron chi connectivity index (χ1n) is 11.2. The van der Waals surface area contributed by atoms with Gasteiger partial charge in [0.1, 0.15) is 11.7 Å². The van der Waals surface area contributed by atoms with Crippen LogP contribution in [0, 0.1) is 12.8 Å². The van der Waals surface area contributed by atoms with Crippen LogP contribution in [0.15, 0.2) is 64.8 Å². The van der Waals surface area contributed by atoms with E-state index in [0.29, 0.717) is 47.7 Å². The molecule has 4 N–H and O–H groups in total. The maximum atomic E-state index is 16.0. The van der Waals surface area contributed by atoms with Crippen LogP contribution in [0.2, 0.25) is 0 Å². The first kappa shape index (κ1) is 23.3. The number of aryl methyl sites for hydroxylation is 1. The first-order valence-corrected chi connectivity index (χ1v) is 11.2. The topological polar surface area (TPSA) is 119 Å². The molecule has 9 heteroatoms. The van der Waals surface area contributed by atoms with Gasteiger partial charge >= 0.3 is 0 Å². The van der Waals surface area contributed by atoms with Crippen molar-refractivity contribution in [1.82, 2.24) is 15.0 Å². The SMILES string of the molecule is CC(N)=NC(C)=Nc1cc([C@@H]2C[C@H]2[C@H](F)N(Cc2ccncc2)c2ccccc2N)nc(C)n1. The first-order chi connectivity index (χ1) is 16.3. The van der Waals surface area contributed by atoms with E-state index in [1.807, 2.05) is 30.3 Å². The molecule has 1 aliphatic rings. The second-order valence-corrected chi connectivity index (χ2v) is 8.53. The highest BCUT2D eigenvalue weighted by molar-refractivity contribution is 5.94. The molecule has 0 spiro atoms. The van der Waals surface area contributed by atoms with Crippen LogP contribution in [0.5, 0.6) is 0 Å². The molecule has 4 rings (SSSR count). The van der Waals surface area contributed by atoms with Crippen molar-refractivity contribution in [3.63, 3.8) is 0 Å². The molecule has 0 amide bonds. The van der Waals surface area contributed by atoms with E-state index in [0.717, 1.165) is 11.3 Å². The lowest BCUT2D eigenvalue weighted by Gasteiger charge is -2.30. The maximum Gasteiger partial charge on any atom is 0.176 e. The molecule has 1 aliphatic carbocycles. The Morgan fingerprint density at radius 1 is 1.18 bits per heavy atom. The number of para-hydroxylation sites is 2. The molecule has 2 aromatic heterocycles. The van der Waals surface area contributed by atoms with E-state index >= 15 is 4.39 Å². The van der Waals surface area contributed by atoms with E-state index < -0.39 is 6.30 Å². The van der Waals surface area contributed by atoms with Gasteiger partial charge in [0.2, 0.25) is 0 Å². The second-order valence-electron chi connectivity index (χ2n) is 8.53. The predicted octanol–water partition coefficient (Wildman–Crippen LogP) is 4.30. The fourth-order valence-electron chi connectivity index (χ4n) is 4.10. The Hall–Kier alpha value is -3.88. The quantitative estimate of drug-likeness (QED) is 0.235. The molecule has 0 radical (unpaired) electrons. The summed E-state index contributed by atoms with van der Waals surface area (Å²) in [6.45, 7) is 5.64. The molecular formula is C25H29FN8. The highest BCUT2D eigenvalue weighted by Gasteiger charge is 2.48. The molecule has 3 atom stereocenters. The number of aromatic nitrogens is 3. The number of nitrogens with zero attached hydrogens (tertiary/aromatic N) is 6. The summed E-state index contributed by atoms with van der Waals surface area (Å²) in [4.78, 5) is 23.3. The molecule has 3 aromatic rings. The van der Waals surface area contributed by atoms with Gasteiger partial charge in [-0.3, -0.25) is 4.98 Å². The summed E-state index contributed by atoms with van der Waals surface area (Å²) in [6, 6.07) is 12.9. The van der Waals surface area contributed by atoms with Gasteiger partial charge in [-0.2, -0.15) is 0 Å². The van der Waals surface area contributed by atoms with Crippen LogP contribution in [0.1, 0.15) is 43.3 Å².